The molecule has 188 valence electrons. The maximum absolute atomic E-state index is 15.5. The van der Waals surface area contributed by atoms with Crippen molar-refractivity contribution in [1.82, 2.24) is 0 Å². The minimum Gasteiger partial charge on any atom is -0.423 e. The smallest absolute Gasteiger partial charge is 0.423 e. The number of halogens is 1. The molecule has 0 fully saturated rings. The SMILES string of the molecule is C/C1=C2\C=C(C(C)(C)C)C=C(C(C)(C)C)C2OP(F)Oc2c1cc(C(C)(C)C)cc2C(C)(C)C. The lowest BCUT2D eigenvalue weighted by molar-refractivity contribution is 0.224. The Balaban J connectivity index is 2.44. The lowest BCUT2D eigenvalue weighted by atomic mass is 9.71. The van der Waals surface area contributed by atoms with E-state index in [2.05, 4.69) is 114 Å². The van der Waals surface area contributed by atoms with E-state index in [1.54, 1.807) is 0 Å². The Morgan fingerprint density at radius 1 is 0.765 bits per heavy atom. The maximum atomic E-state index is 15.5. The Morgan fingerprint density at radius 3 is 1.82 bits per heavy atom. The quantitative estimate of drug-likeness (QED) is 0.340. The van der Waals surface area contributed by atoms with Crippen LogP contribution in [0.4, 0.5) is 4.20 Å². The molecule has 34 heavy (non-hydrogen) atoms. The first-order valence-electron chi connectivity index (χ1n) is 12.4. The number of fused-ring (bicyclic) bond motifs is 2. The second kappa shape index (κ2) is 8.59. The summed E-state index contributed by atoms with van der Waals surface area (Å²) in [5, 5.41) is 0. The normalized spacial score (nSPS) is 24.3. The lowest BCUT2D eigenvalue weighted by Gasteiger charge is -2.39. The van der Waals surface area contributed by atoms with Crippen molar-refractivity contribution in [2.24, 2.45) is 10.8 Å². The fourth-order valence-electron chi connectivity index (χ4n) is 4.48. The van der Waals surface area contributed by atoms with E-state index in [1.165, 1.54) is 11.1 Å². The standard InChI is InChI=1S/C30H44FO2P/c1-18-21-14-19(27(2,3)4)16-23(29(8,9)10)25(21)32-34(31)33-26-22(18)15-20(28(5,6)7)17-24(26)30(11,12)13/h14-17,25H,1-13H3/b21-18-. The minimum absolute atomic E-state index is 0.0409. The molecule has 2 aliphatic rings. The highest BCUT2D eigenvalue weighted by molar-refractivity contribution is 7.41. The first kappa shape index (κ1) is 27.2. The molecule has 1 aromatic carbocycles. The molecule has 1 heterocycles. The maximum Gasteiger partial charge on any atom is 0.440 e. The van der Waals surface area contributed by atoms with Crippen LogP contribution in [0.1, 0.15) is 107 Å². The Labute approximate surface area is 208 Å². The van der Waals surface area contributed by atoms with Gasteiger partial charge in [-0.15, -0.1) is 4.20 Å². The molecule has 0 spiro atoms. The van der Waals surface area contributed by atoms with Gasteiger partial charge in [0.2, 0.25) is 0 Å². The zero-order valence-electron chi connectivity index (χ0n) is 23.5. The first-order chi connectivity index (χ1) is 15.2. The van der Waals surface area contributed by atoms with E-state index in [0.29, 0.717) is 5.75 Å². The van der Waals surface area contributed by atoms with E-state index in [0.717, 1.165) is 27.8 Å². The van der Waals surface area contributed by atoms with Gasteiger partial charge in [-0.1, -0.05) is 101 Å². The van der Waals surface area contributed by atoms with Gasteiger partial charge in [0, 0.05) is 11.1 Å². The molecule has 3 rings (SSSR count). The average molecular weight is 487 g/mol. The second-order valence-corrected chi connectivity index (χ2v) is 14.8. The molecule has 1 aromatic rings. The van der Waals surface area contributed by atoms with Crippen LogP contribution in [-0.4, -0.2) is 6.10 Å². The Kier molecular flexibility index (Phi) is 6.86. The van der Waals surface area contributed by atoms with E-state index < -0.39 is 14.8 Å². The highest BCUT2D eigenvalue weighted by Crippen LogP contribution is 2.55. The molecule has 0 amide bonds. The summed E-state index contributed by atoms with van der Waals surface area (Å²) in [5.74, 6) is 0.620. The largest absolute Gasteiger partial charge is 0.440 e. The molecular weight excluding hydrogens is 442 g/mol. The average Bonchev–Trinajstić information content (AvgIpc) is 2.63. The Hall–Kier alpha value is -1.44. The predicted molar refractivity (Wildman–Crippen MR) is 145 cm³/mol. The third-order valence-electron chi connectivity index (χ3n) is 6.87. The molecule has 0 radical (unpaired) electrons. The van der Waals surface area contributed by atoms with Crippen LogP contribution in [0.25, 0.3) is 5.57 Å². The molecule has 0 N–H and O–H groups in total. The summed E-state index contributed by atoms with van der Waals surface area (Å²) in [4.78, 5) is 0. The van der Waals surface area contributed by atoms with Gasteiger partial charge in [-0.25, -0.2) is 0 Å². The van der Waals surface area contributed by atoms with Crippen LogP contribution in [0.2, 0.25) is 0 Å². The van der Waals surface area contributed by atoms with Crippen LogP contribution in [0.5, 0.6) is 5.75 Å². The Morgan fingerprint density at radius 2 is 1.35 bits per heavy atom. The molecule has 0 bridgehead atoms. The molecule has 2 unspecified atom stereocenters. The van der Waals surface area contributed by atoms with Crippen molar-refractivity contribution in [2.45, 2.75) is 107 Å². The summed E-state index contributed by atoms with van der Waals surface area (Å²) in [6.07, 6.45) is 3.99. The van der Waals surface area contributed by atoms with Gasteiger partial charge in [-0.2, -0.15) is 0 Å². The molecular formula is C30H44FO2P. The van der Waals surface area contributed by atoms with Gasteiger partial charge in [0.15, 0.2) is 0 Å². The van der Waals surface area contributed by atoms with E-state index in [4.69, 9.17) is 9.05 Å². The summed E-state index contributed by atoms with van der Waals surface area (Å²) in [6.45, 7) is 28.5. The molecule has 1 aliphatic carbocycles. The van der Waals surface area contributed by atoms with Gasteiger partial charge in [0.1, 0.15) is 11.9 Å². The molecule has 2 nitrogen and oxygen atoms in total. The predicted octanol–water partition coefficient (Wildman–Crippen LogP) is 9.99. The molecule has 2 atom stereocenters. The van der Waals surface area contributed by atoms with Crippen LogP contribution in [0, 0.1) is 10.8 Å². The second-order valence-electron chi connectivity index (χ2n) is 14.0. The highest BCUT2D eigenvalue weighted by atomic mass is 31.2. The summed E-state index contributed by atoms with van der Waals surface area (Å²) in [7, 11) is -2.61. The monoisotopic (exact) mass is 486 g/mol. The van der Waals surface area contributed by atoms with Gasteiger partial charge < -0.3 is 4.52 Å². The van der Waals surface area contributed by atoms with Gasteiger partial charge in [-0.05, 0) is 62.5 Å². The minimum atomic E-state index is -2.61. The summed E-state index contributed by atoms with van der Waals surface area (Å²) in [6, 6.07) is 4.40. The number of rotatable bonds is 0. The van der Waals surface area contributed by atoms with Gasteiger partial charge in [0.05, 0.1) is 0 Å². The van der Waals surface area contributed by atoms with Crippen molar-refractivity contribution in [2.75, 3.05) is 0 Å². The molecule has 0 aromatic heterocycles. The number of hydrogen-bond acceptors (Lipinski definition) is 2. The van der Waals surface area contributed by atoms with Gasteiger partial charge in [0.25, 0.3) is 0 Å². The zero-order valence-corrected chi connectivity index (χ0v) is 24.4. The fraction of sp³-hybridized carbons (Fsp3) is 0.600. The van der Waals surface area contributed by atoms with Gasteiger partial charge in [-0.3, -0.25) is 4.52 Å². The van der Waals surface area contributed by atoms with Crippen molar-refractivity contribution in [3.8, 4) is 5.75 Å². The third-order valence-corrected chi connectivity index (χ3v) is 7.57. The summed E-state index contributed by atoms with van der Waals surface area (Å²) >= 11 is 0. The number of hydrogen-bond donors (Lipinski definition) is 0. The molecule has 4 heteroatoms. The summed E-state index contributed by atoms with van der Waals surface area (Å²) in [5.41, 5.74) is 7.21. The van der Waals surface area contributed by atoms with E-state index in [1.807, 2.05) is 0 Å². The van der Waals surface area contributed by atoms with E-state index >= 15 is 4.20 Å². The van der Waals surface area contributed by atoms with Crippen molar-refractivity contribution < 1.29 is 13.2 Å². The van der Waals surface area contributed by atoms with Crippen molar-refractivity contribution in [3.05, 3.63) is 57.7 Å². The number of benzene rings is 1. The van der Waals surface area contributed by atoms with Crippen LogP contribution in [0.3, 0.4) is 0 Å². The first-order valence-corrected chi connectivity index (χ1v) is 13.4. The van der Waals surface area contributed by atoms with Crippen molar-refractivity contribution in [1.29, 1.82) is 0 Å². The summed E-state index contributed by atoms with van der Waals surface area (Å²) < 4.78 is 27.7. The molecule has 0 saturated carbocycles. The lowest BCUT2D eigenvalue weighted by Crippen LogP contribution is -2.31. The van der Waals surface area contributed by atoms with Crippen molar-refractivity contribution in [3.63, 3.8) is 0 Å². The van der Waals surface area contributed by atoms with Crippen molar-refractivity contribution >= 4 is 14.3 Å². The van der Waals surface area contributed by atoms with Crippen LogP contribution in [0.15, 0.2) is 41.0 Å². The van der Waals surface area contributed by atoms with Crippen LogP contribution < -0.4 is 4.52 Å². The molecule has 1 aliphatic heterocycles. The van der Waals surface area contributed by atoms with E-state index in [9.17, 15) is 0 Å². The third kappa shape index (κ3) is 5.36. The zero-order chi connectivity index (χ0) is 26.0. The van der Waals surface area contributed by atoms with Crippen LogP contribution in [-0.2, 0) is 15.4 Å². The number of allylic oxidation sites excluding steroid dienone is 3. The molecule has 0 saturated heterocycles. The Bertz CT molecular complexity index is 1060. The fourth-order valence-corrected chi connectivity index (χ4v) is 5.26. The topological polar surface area (TPSA) is 18.5 Å². The highest BCUT2D eigenvalue weighted by Gasteiger charge is 2.40. The van der Waals surface area contributed by atoms with E-state index in [-0.39, 0.29) is 21.7 Å². The van der Waals surface area contributed by atoms with Crippen LogP contribution >= 0.6 is 8.69 Å². The van der Waals surface area contributed by atoms with Gasteiger partial charge >= 0.3 is 8.69 Å².